The van der Waals surface area contributed by atoms with E-state index in [-0.39, 0.29) is 0 Å². The van der Waals surface area contributed by atoms with Gasteiger partial charge in [0.15, 0.2) is 0 Å². The average molecular weight is 260 g/mol. The maximum Gasteiger partial charge on any atom is 0.407 e. The van der Waals surface area contributed by atoms with Gasteiger partial charge >= 0.3 is 6.09 Å². The maximum absolute atomic E-state index is 10.8. The third kappa shape index (κ3) is 3.62. The molecule has 0 spiro atoms. The summed E-state index contributed by atoms with van der Waals surface area (Å²) >= 11 is 0. The van der Waals surface area contributed by atoms with E-state index in [1.54, 1.807) is 18.2 Å². The van der Waals surface area contributed by atoms with Crippen molar-refractivity contribution in [2.75, 3.05) is 19.7 Å². The van der Waals surface area contributed by atoms with Gasteiger partial charge in [-0.3, -0.25) is 0 Å². The lowest BCUT2D eigenvalue weighted by Crippen LogP contribution is -2.38. The van der Waals surface area contributed by atoms with E-state index in [4.69, 9.17) is 15.1 Å². The van der Waals surface area contributed by atoms with E-state index in [2.05, 4.69) is 6.07 Å². The summed E-state index contributed by atoms with van der Waals surface area (Å²) in [6.45, 7) is 1.71. The molecule has 0 unspecified atom stereocenters. The first kappa shape index (κ1) is 13.2. The van der Waals surface area contributed by atoms with Gasteiger partial charge in [-0.25, -0.2) is 4.79 Å². The highest BCUT2D eigenvalue weighted by Crippen LogP contribution is 2.20. The summed E-state index contributed by atoms with van der Waals surface area (Å²) in [5.41, 5.74) is 0.582. The van der Waals surface area contributed by atoms with Crippen LogP contribution >= 0.6 is 0 Å². The van der Waals surface area contributed by atoms with Crippen molar-refractivity contribution in [3.63, 3.8) is 0 Å². The Labute approximate surface area is 112 Å². The zero-order valence-corrected chi connectivity index (χ0v) is 10.6. The van der Waals surface area contributed by atoms with E-state index in [0.29, 0.717) is 36.9 Å². The minimum atomic E-state index is -0.846. The van der Waals surface area contributed by atoms with Crippen molar-refractivity contribution in [2.45, 2.75) is 12.8 Å². The van der Waals surface area contributed by atoms with E-state index in [1.165, 1.54) is 4.90 Å². The van der Waals surface area contributed by atoms with Crippen LogP contribution in [0.5, 0.6) is 5.75 Å². The fourth-order valence-electron chi connectivity index (χ4n) is 2.16. The summed E-state index contributed by atoms with van der Waals surface area (Å²) in [7, 11) is 0. The van der Waals surface area contributed by atoms with Crippen LogP contribution in [0, 0.1) is 17.2 Å². The zero-order valence-electron chi connectivity index (χ0n) is 10.6. The smallest absolute Gasteiger partial charge is 0.407 e. The second-order valence-electron chi connectivity index (χ2n) is 4.66. The average Bonchev–Trinajstić information content (AvgIpc) is 2.46. The van der Waals surface area contributed by atoms with Gasteiger partial charge in [-0.2, -0.15) is 5.26 Å². The summed E-state index contributed by atoms with van der Waals surface area (Å²) in [5.74, 6) is 1.07. The molecule has 1 aliphatic rings. The molecular formula is C14H16N2O3. The predicted octanol–water partition coefficient (Wildman–Crippen LogP) is 2.33. The minimum absolute atomic E-state index is 0.376. The van der Waals surface area contributed by atoms with Crippen molar-refractivity contribution >= 4 is 6.09 Å². The molecule has 2 rings (SSSR count). The van der Waals surface area contributed by atoms with Crippen molar-refractivity contribution < 1.29 is 14.6 Å². The lowest BCUT2D eigenvalue weighted by atomic mass is 9.98. The molecule has 0 atom stereocenters. The van der Waals surface area contributed by atoms with Gasteiger partial charge in [0, 0.05) is 13.1 Å². The molecule has 1 aromatic carbocycles. The van der Waals surface area contributed by atoms with E-state index >= 15 is 0 Å². The van der Waals surface area contributed by atoms with Crippen LogP contribution < -0.4 is 4.74 Å². The molecule has 1 amide bonds. The second kappa shape index (κ2) is 6.10. The van der Waals surface area contributed by atoms with Gasteiger partial charge in [0.2, 0.25) is 0 Å². The molecule has 1 aromatic rings. The maximum atomic E-state index is 10.8. The van der Waals surface area contributed by atoms with Crippen LogP contribution in [0.2, 0.25) is 0 Å². The molecule has 1 saturated heterocycles. The van der Waals surface area contributed by atoms with Crippen LogP contribution in [0.15, 0.2) is 24.3 Å². The Morgan fingerprint density at radius 3 is 2.84 bits per heavy atom. The zero-order chi connectivity index (χ0) is 13.7. The molecule has 1 aliphatic heterocycles. The molecule has 19 heavy (non-hydrogen) atoms. The number of hydrogen-bond acceptors (Lipinski definition) is 3. The number of carbonyl (C=O) groups is 1. The molecule has 0 aromatic heterocycles. The molecule has 1 fully saturated rings. The van der Waals surface area contributed by atoms with E-state index in [1.807, 2.05) is 6.07 Å². The van der Waals surface area contributed by atoms with Crippen LogP contribution in [-0.2, 0) is 0 Å². The summed E-state index contributed by atoms with van der Waals surface area (Å²) in [5, 5.41) is 17.6. The highest BCUT2D eigenvalue weighted by Gasteiger charge is 2.22. The third-order valence-electron chi connectivity index (χ3n) is 3.33. The van der Waals surface area contributed by atoms with E-state index in [9.17, 15) is 4.79 Å². The van der Waals surface area contributed by atoms with Crippen LogP contribution in [0.1, 0.15) is 18.4 Å². The lowest BCUT2D eigenvalue weighted by molar-refractivity contribution is 0.111. The summed E-state index contributed by atoms with van der Waals surface area (Å²) in [6.07, 6.45) is 0.801. The summed E-state index contributed by atoms with van der Waals surface area (Å²) in [4.78, 5) is 12.2. The highest BCUT2D eigenvalue weighted by atomic mass is 16.5. The van der Waals surface area contributed by atoms with Gasteiger partial charge < -0.3 is 14.7 Å². The minimum Gasteiger partial charge on any atom is -0.493 e. The van der Waals surface area contributed by atoms with Crippen molar-refractivity contribution in [3.8, 4) is 11.8 Å². The molecule has 5 nitrogen and oxygen atoms in total. The number of rotatable bonds is 3. The normalized spacial score (nSPS) is 15.8. The Kier molecular flexibility index (Phi) is 4.24. The first-order valence-corrected chi connectivity index (χ1v) is 6.30. The van der Waals surface area contributed by atoms with Crippen molar-refractivity contribution in [1.82, 2.24) is 4.90 Å². The van der Waals surface area contributed by atoms with Crippen LogP contribution in [-0.4, -0.2) is 35.8 Å². The first-order valence-electron chi connectivity index (χ1n) is 6.30. The number of nitrogens with zero attached hydrogens (tertiary/aromatic N) is 2. The Morgan fingerprint density at radius 2 is 2.21 bits per heavy atom. The number of amides is 1. The Bertz CT molecular complexity index is 488. The molecule has 0 radical (unpaired) electrons. The van der Waals surface area contributed by atoms with Gasteiger partial charge in [0.25, 0.3) is 0 Å². The van der Waals surface area contributed by atoms with Crippen molar-refractivity contribution in [3.05, 3.63) is 29.8 Å². The predicted molar refractivity (Wildman–Crippen MR) is 69.0 cm³/mol. The van der Waals surface area contributed by atoms with Crippen LogP contribution in [0.25, 0.3) is 0 Å². The van der Waals surface area contributed by atoms with Gasteiger partial charge in [0.05, 0.1) is 18.2 Å². The highest BCUT2D eigenvalue weighted by molar-refractivity contribution is 5.64. The standard InChI is InChI=1S/C14H16N2O3/c15-9-12-2-1-3-13(8-12)19-10-11-4-6-16(7-5-11)14(17)18/h1-3,8,11H,4-7,10H2,(H,17,18). The van der Waals surface area contributed by atoms with Crippen LogP contribution in [0.3, 0.4) is 0 Å². The summed E-state index contributed by atoms with van der Waals surface area (Å²) < 4.78 is 5.67. The monoisotopic (exact) mass is 260 g/mol. The molecular weight excluding hydrogens is 244 g/mol. The number of carboxylic acid groups (broad SMARTS) is 1. The summed E-state index contributed by atoms with van der Waals surface area (Å²) in [6, 6.07) is 9.14. The van der Waals surface area contributed by atoms with Gasteiger partial charge in [-0.15, -0.1) is 0 Å². The molecule has 0 bridgehead atoms. The fourth-order valence-corrected chi connectivity index (χ4v) is 2.16. The topological polar surface area (TPSA) is 73.6 Å². The van der Waals surface area contributed by atoms with Crippen molar-refractivity contribution in [2.24, 2.45) is 5.92 Å². The molecule has 1 N–H and O–H groups in total. The van der Waals surface area contributed by atoms with E-state index < -0.39 is 6.09 Å². The second-order valence-corrected chi connectivity index (χ2v) is 4.66. The largest absolute Gasteiger partial charge is 0.493 e. The Balaban J connectivity index is 1.80. The Hall–Kier alpha value is -2.22. The SMILES string of the molecule is N#Cc1cccc(OCC2CCN(C(=O)O)CC2)c1. The molecule has 5 heteroatoms. The fraction of sp³-hybridized carbons (Fsp3) is 0.429. The number of likely N-dealkylation sites (tertiary alicyclic amines) is 1. The number of piperidine rings is 1. The number of ether oxygens (including phenoxy) is 1. The van der Waals surface area contributed by atoms with Gasteiger partial charge in [-0.1, -0.05) is 6.07 Å². The Morgan fingerprint density at radius 1 is 1.47 bits per heavy atom. The third-order valence-corrected chi connectivity index (χ3v) is 3.33. The number of hydrogen-bond donors (Lipinski definition) is 1. The first-order chi connectivity index (χ1) is 9.19. The van der Waals surface area contributed by atoms with Gasteiger partial charge in [-0.05, 0) is 37.0 Å². The molecule has 0 saturated carbocycles. The number of benzene rings is 1. The van der Waals surface area contributed by atoms with E-state index in [0.717, 1.165) is 12.8 Å². The molecule has 0 aliphatic carbocycles. The van der Waals surface area contributed by atoms with Gasteiger partial charge in [0.1, 0.15) is 5.75 Å². The quantitative estimate of drug-likeness (QED) is 0.905. The molecule has 100 valence electrons. The van der Waals surface area contributed by atoms with Crippen LogP contribution in [0.4, 0.5) is 4.79 Å². The van der Waals surface area contributed by atoms with Crippen molar-refractivity contribution in [1.29, 1.82) is 5.26 Å². The molecule has 1 heterocycles. The number of nitriles is 1. The lowest BCUT2D eigenvalue weighted by Gasteiger charge is -2.29.